The summed E-state index contributed by atoms with van der Waals surface area (Å²) < 4.78 is 32.6. The van der Waals surface area contributed by atoms with Crippen molar-refractivity contribution in [3.05, 3.63) is 39.7 Å². The summed E-state index contributed by atoms with van der Waals surface area (Å²) >= 11 is 0. The van der Waals surface area contributed by atoms with Crippen molar-refractivity contribution in [3.63, 3.8) is 0 Å². The molecule has 8 heteroatoms. The van der Waals surface area contributed by atoms with Crippen LogP contribution in [-0.4, -0.2) is 41.8 Å². The van der Waals surface area contributed by atoms with E-state index in [0.717, 1.165) is 44.6 Å². The molecule has 3 atom stereocenters. The number of rotatable bonds is 4. The second-order valence-electron chi connectivity index (χ2n) is 9.24. The van der Waals surface area contributed by atoms with E-state index in [2.05, 4.69) is 5.32 Å². The Morgan fingerprint density at radius 2 is 1.90 bits per heavy atom. The predicted octanol–water partition coefficient (Wildman–Crippen LogP) is 3.53. The molecule has 3 fully saturated rings. The molecule has 1 aliphatic heterocycles. The summed E-state index contributed by atoms with van der Waals surface area (Å²) in [5.41, 5.74) is -1.37. The summed E-state index contributed by atoms with van der Waals surface area (Å²) in [7, 11) is 1.95. The number of pyridine rings is 1. The first-order chi connectivity index (χ1) is 14.9. The largest absolute Gasteiger partial charge is 0.477 e. The van der Waals surface area contributed by atoms with Crippen LogP contribution < -0.4 is 15.6 Å². The first-order valence-electron chi connectivity index (χ1n) is 11.1. The molecule has 1 aromatic heterocycles. The fraction of sp³-hybridized carbons (Fsp3) is 0.565. The summed E-state index contributed by atoms with van der Waals surface area (Å²) in [6, 6.07) is 1.30. The Hall–Kier alpha value is -2.48. The monoisotopic (exact) mass is 431 g/mol. The third-order valence-electron chi connectivity index (χ3n) is 7.39. The zero-order valence-corrected chi connectivity index (χ0v) is 17.5. The van der Waals surface area contributed by atoms with E-state index in [1.54, 1.807) is 4.90 Å². The van der Waals surface area contributed by atoms with Gasteiger partial charge in [-0.15, -0.1) is 0 Å². The van der Waals surface area contributed by atoms with E-state index in [9.17, 15) is 14.7 Å². The highest BCUT2D eigenvalue weighted by Crippen LogP contribution is 2.42. The molecule has 2 N–H and O–H groups in total. The number of halogens is 2. The van der Waals surface area contributed by atoms with Crippen LogP contribution >= 0.6 is 0 Å². The lowest BCUT2D eigenvalue weighted by Gasteiger charge is -2.25. The number of anilines is 1. The number of benzene rings is 1. The summed E-state index contributed by atoms with van der Waals surface area (Å²) in [5.74, 6) is -2.25. The Balaban J connectivity index is 1.64. The van der Waals surface area contributed by atoms with Crippen molar-refractivity contribution in [2.24, 2.45) is 11.8 Å². The van der Waals surface area contributed by atoms with Gasteiger partial charge in [0, 0.05) is 31.4 Å². The topological polar surface area (TPSA) is 74.6 Å². The van der Waals surface area contributed by atoms with E-state index >= 15 is 8.78 Å². The van der Waals surface area contributed by atoms with E-state index < -0.39 is 28.6 Å². The predicted molar refractivity (Wildman–Crippen MR) is 114 cm³/mol. The number of carboxylic acid groups (broad SMARTS) is 1. The van der Waals surface area contributed by atoms with Crippen LogP contribution in [0, 0.1) is 23.5 Å². The third-order valence-corrected chi connectivity index (χ3v) is 7.39. The minimum absolute atomic E-state index is 0.0196. The van der Waals surface area contributed by atoms with Crippen molar-refractivity contribution >= 4 is 22.6 Å². The number of nitrogens with one attached hydrogen (secondary N) is 1. The van der Waals surface area contributed by atoms with Crippen LogP contribution in [0.2, 0.25) is 0 Å². The Morgan fingerprint density at radius 1 is 1.16 bits per heavy atom. The van der Waals surface area contributed by atoms with Gasteiger partial charge in [-0.1, -0.05) is 12.8 Å². The number of hydrogen-bond acceptors (Lipinski definition) is 4. The van der Waals surface area contributed by atoms with Crippen LogP contribution in [0.5, 0.6) is 0 Å². The molecule has 2 heterocycles. The molecule has 1 aromatic carbocycles. The van der Waals surface area contributed by atoms with Gasteiger partial charge in [-0.25, -0.2) is 13.6 Å². The minimum Gasteiger partial charge on any atom is -0.477 e. The molecular weight excluding hydrogens is 404 g/mol. The van der Waals surface area contributed by atoms with Gasteiger partial charge in [-0.3, -0.25) is 4.79 Å². The lowest BCUT2D eigenvalue weighted by molar-refractivity contribution is 0.0694. The van der Waals surface area contributed by atoms with E-state index in [1.807, 2.05) is 7.05 Å². The number of hydrogen-bond donors (Lipinski definition) is 2. The van der Waals surface area contributed by atoms with Crippen LogP contribution in [0.1, 0.15) is 54.9 Å². The second kappa shape index (κ2) is 7.58. The molecule has 31 heavy (non-hydrogen) atoms. The Kier molecular flexibility index (Phi) is 5.00. The molecule has 2 aromatic rings. The number of carbonyl (C=O) groups is 1. The highest BCUT2D eigenvalue weighted by atomic mass is 19.1. The zero-order valence-electron chi connectivity index (χ0n) is 17.5. The zero-order chi connectivity index (χ0) is 21.9. The standard InChI is InChI=1S/C23H27F2N3O3/c1-26-18-5-3-2-4-12-9-27(10-15(12)18)21-17(24)8-14-20(19(21)25)28(13-6-7-13)11-16(22(14)29)23(30)31/h8,11-13,15,18,26H,2-7,9-10H2,1H3,(H,30,31)/t12-,15+,18+/m0/s1. The number of fused-ring (bicyclic) bond motifs is 2. The van der Waals surface area contributed by atoms with Gasteiger partial charge >= 0.3 is 5.97 Å². The second-order valence-corrected chi connectivity index (χ2v) is 9.24. The highest BCUT2D eigenvalue weighted by molar-refractivity contribution is 5.94. The summed E-state index contributed by atoms with van der Waals surface area (Å²) in [5, 5.41) is 12.6. The molecule has 2 aliphatic carbocycles. The van der Waals surface area contributed by atoms with Gasteiger partial charge in [0.2, 0.25) is 5.43 Å². The van der Waals surface area contributed by atoms with E-state index in [-0.39, 0.29) is 22.6 Å². The van der Waals surface area contributed by atoms with Crippen molar-refractivity contribution in [3.8, 4) is 0 Å². The molecule has 166 valence electrons. The number of nitrogens with zero attached hydrogens (tertiary/aromatic N) is 2. The Morgan fingerprint density at radius 3 is 2.58 bits per heavy atom. The van der Waals surface area contributed by atoms with Crippen molar-refractivity contribution < 1.29 is 18.7 Å². The number of carboxylic acids is 1. The molecule has 3 aliphatic rings. The third kappa shape index (κ3) is 3.32. The summed E-state index contributed by atoms with van der Waals surface area (Å²) in [4.78, 5) is 26.0. The number of aromatic carboxylic acids is 1. The minimum atomic E-state index is -1.39. The average Bonchev–Trinajstić information content (AvgIpc) is 3.52. The smallest absolute Gasteiger partial charge is 0.341 e. The molecule has 0 spiro atoms. The normalized spacial score (nSPS) is 26.2. The molecule has 6 nitrogen and oxygen atoms in total. The van der Waals surface area contributed by atoms with Crippen LogP contribution in [0.3, 0.4) is 0 Å². The fourth-order valence-corrected chi connectivity index (χ4v) is 5.70. The highest BCUT2D eigenvalue weighted by Gasteiger charge is 2.40. The van der Waals surface area contributed by atoms with Crippen LogP contribution in [0.4, 0.5) is 14.5 Å². The molecule has 0 bridgehead atoms. The molecule has 1 saturated heterocycles. The summed E-state index contributed by atoms with van der Waals surface area (Å²) in [6.45, 7) is 1.15. The van der Waals surface area contributed by atoms with Crippen molar-refractivity contribution in [1.29, 1.82) is 0 Å². The average molecular weight is 431 g/mol. The van der Waals surface area contributed by atoms with E-state index in [1.165, 1.54) is 10.8 Å². The SMILES string of the molecule is CN[C@@H]1CCCC[C@H]2CN(c3c(F)cc4c(=O)c(C(=O)O)cn(C5CC5)c4c3F)C[C@H]21. The van der Waals surface area contributed by atoms with E-state index in [4.69, 9.17) is 0 Å². The molecule has 0 amide bonds. The lowest BCUT2D eigenvalue weighted by atomic mass is 9.88. The lowest BCUT2D eigenvalue weighted by Crippen LogP contribution is -2.37. The van der Waals surface area contributed by atoms with Crippen molar-refractivity contribution in [2.45, 2.75) is 50.6 Å². The Labute approximate surface area is 178 Å². The van der Waals surface area contributed by atoms with Gasteiger partial charge in [0.05, 0.1) is 10.9 Å². The van der Waals surface area contributed by atoms with E-state index in [0.29, 0.717) is 31.0 Å². The molecule has 0 radical (unpaired) electrons. The molecular formula is C23H27F2N3O3. The number of aromatic nitrogens is 1. The van der Waals surface area contributed by atoms with Gasteiger partial charge in [0.1, 0.15) is 17.1 Å². The van der Waals surface area contributed by atoms with Gasteiger partial charge in [-0.2, -0.15) is 0 Å². The summed E-state index contributed by atoms with van der Waals surface area (Å²) in [6.07, 6.45) is 7.17. The van der Waals surface area contributed by atoms with Crippen LogP contribution in [-0.2, 0) is 0 Å². The first-order valence-corrected chi connectivity index (χ1v) is 11.1. The van der Waals surface area contributed by atoms with Gasteiger partial charge in [0.25, 0.3) is 0 Å². The maximum Gasteiger partial charge on any atom is 0.341 e. The van der Waals surface area contributed by atoms with Gasteiger partial charge in [0.15, 0.2) is 5.82 Å². The molecule has 2 saturated carbocycles. The maximum absolute atomic E-state index is 15.9. The molecule has 5 rings (SSSR count). The fourth-order valence-electron chi connectivity index (χ4n) is 5.70. The van der Waals surface area contributed by atoms with Crippen LogP contribution in [0.25, 0.3) is 10.9 Å². The quantitative estimate of drug-likeness (QED) is 0.775. The van der Waals surface area contributed by atoms with Crippen LogP contribution in [0.15, 0.2) is 17.1 Å². The maximum atomic E-state index is 15.9. The van der Waals surface area contributed by atoms with Crippen molar-refractivity contribution in [2.75, 3.05) is 25.0 Å². The van der Waals surface area contributed by atoms with Gasteiger partial charge < -0.3 is 19.9 Å². The Bertz CT molecular complexity index is 1110. The van der Waals surface area contributed by atoms with Crippen molar-refractivity contribution in [1.82, 2.24) is 9.88 Å². The molecule has 0 unspecified atom stereocenters. The first kappa shape index (κ1) is 20.4. The van der Waals surface area contributed by atoms with Gasteiger partial charge in [-0.05, 0) is 50.6 Å².